The van der Waals surface area contributed by atoms with Gasteiger partial charge in [0.2, 0.25) is 11.8 Å². The highest BCUT2D eigenvalue weighted by molar-refractivity contribution is 5.92. The lowest BCUT2D eigenvalue weighted by molar-refractivity contribution is -0.155. The molecule has 16 atom stereocenters. The zero-order valence-corrected chi connectivity index (χ0v) is 30.4. The highest BCUT2D eigenvalue weighted by atomic mass is 16.4. The van der Waals surface area contributed by atoms with E-state index in [9.17, 15) is 91.3 Å². The van der Waals surface area contributed by atoms with Crippen LogP contribution in [0.3, 0.4) is 0 Å². The molecular weight excluding hydrogens is 780 g/mol. The number of carbonyl (C=O) groups excluding carboxylic acids is 2. The number of carbonyl (C=O) groups is 2. The Labute approximate surface area is 330 Å². The molecule has 0 aromatic heterocycles. The lowest BCUT2D eigenvalue weighted by Gasteiger charge is -2.31. The lowest BCUT2D eigenvalue weighted by Crippen LogP contribution is -2.54. The summed E-state index contributed by atoms with van der Waals surface area (Å²) in [6, 6.07) is 10.5. The number of aliphatic hydroxyl groups is 18. The van der Waals surface area contributed by atoms with Crippen molar-refractivity contribution < 1.29 is 102 Å². The molecule has 2 aromatic carbocycles. The van der Waals surface area contributed by atoms with E-state index in [4.69, 9.17) is 10.2 Å². The van der Waals surface area contributed by atoms with Crippen LogP contribution < -0.4 is 10.6 Å². The summed E-state index contributed by atoms with van der Waals surface area (Å²) in [7, 11) is 0. The molecule has 0 heterocycles. The van der Waals surface area contributed by atoms with Crippen molar-refractivity contribution in [2.24, 2.45) is 0 Å². The van der Waals surface area contributed by atoms with Crippen LogP contribution in [0.15, 0.2) is 60.7 Å². The van der Waals surface area contributed by atoms with Gasteiger partial charge >= 0.3 is 0 Å². The van der Waals surface area contributed by atoms with E-state index >= 15 is 0 Å². The molecule has 20 N–H and O–H groups in total. The van der Waals surface area contributed by atoms with Crippen LogP contribution in [0.5, 0.6) is 0 Å². The van der Waals surface area contributed by atoms with Crippen molar-refractivity contribution in [1.29, 1.82) is 0 Å². The molecule has 0 spiro atoms. The highest BCUT2D eigenvalue weighted by Gasteiger charge is 2.39. The number of amides is 2. The molecule has 2 amide bonds. The third-order valence-electron chi connectivity index (χ3n) is 8.90. The first kappa shape index (κ1) is 50.3. The number of hydrogen-bond acceptors (Lipinski definition) is 20. The second kappa shape index (κ2) is 23.7. The van der Waals surface area contributed by atoms with E-state index in [0.717, 1.165) is 12.2 Å². The minimum Gasteiger partial charge on any atom is -0.394 e. The van der Waals surface area contributed by atoms with E-state index < -0.39 is 123 Å². The van der Waals surface area contributed by atoms with Crippen molar-refractivity contribution in [2.75, 3.05) is 13.2 Å². The minimum absolute atomic E-state index is 0.00355. The molecule has 58 heavy (non-hydrogen) atoms. The van der Waals surface area contributed by atoms with Crippen LogP contribution >= 0.6 is 0 Å². The van der Waals surface area contributed by atoms with Gasteiger partial charge in [0.05, 0.1) is 13.2 Å². The summed E-state index contributed by atoms with van der Waals surface area (Å²) in [6.07, 6.45) is -28.6. The summed E-state index contributed by atoms with van der Waals surface area (Å²) in [6.45, 7) is -1.91. The second-order valence-corrected chi connectivity index (χ2v) is 13.2. The van der Waals surface area contributed by atoms with Crippen LogP contribution in [-0.4, -0.2) is 203 Å². The van der Waals surface area contributed by atoms with Crippen molar-refractivity contribution in [3.63, 3.8) is 0 Å². The maximum atomic E-state index is 12.2. The van der Waals surface area contributed by atoms with Gasteiger partial charge in [0.25, 0.3) is 0 Å². The zero-order chi connectivity index (χ0) is 44.0. The largest absolute Gasteiger partial charge is 0.394 e. The third kappa shape index (κ3) is 14.2. The van der Waals surface area contributed by atoms with Gasteiger partial charge in [-0.3, -0.25) is 9.59 Å². The molecule has 22 heteroatoms. The van der Waals surface area contributed by atoms with E-state index in [2.05, 4.69) is 0 Å². The van der Waals surface area contributed by atoms with Gasteiger partial charge < -0.3 is 103 Å². The monoisotopic (exact) mass is 832 g/mol. The molecule has 2 aromatic rings. The molecule has 0 radical (unpaired) electrons. The van der Waals surface area contributed by atoms with Crippen molar-refractivity contribution in [2.45, 2.75) is 97.9 Å². The fraction of sp³-hybridized carbons (Fsp3) is 0.500. The van der Waals surface area contributed by atoms with Gasteiger partial charge in [-0.1, -0.05) is 48.5 Å². The Morgan fingerprint density at radius 2 is 0.690 bits per heavy atom. The topological polar surface area (TPSA) is 422 Å². The van der Waals surface area contributed by atoms with Crippen LogP contribution in [0.2, 0.25) is 0 Å². The summed E-state index contributed by atoms with van der Waals surface area (Å²) in [5.41, 5.74) is 0.656. The summed E-state index contributed by atoms with van der Waals surface area (Å²) in [5.74, 6) is -1.95. The van der Waals surface area contributed by atoms with Gasteiger partial charge in [-0.2, -0.15) is 0 Å². The predicted octanol–water partition coefficient (Wildman–Crippen LogP) is -8.34. The quantitative estimate of drug-likeness (QED) is 0.0365. The summed E-state index contributed by atoms with van der Waals surface area (Å²) in [5, 5.41) is 182. The van der Waals surface area contributed by atoms with E-state index in [1.54, 1.807) is 0 Å². The number of hydrogen-bond donors (Lipinski definition) is 20. The first-order valence-electron chi connectivity index (χ1n) is 17.4. The maximum Gasteiger partial charge on any atom is 0.246 e. The molecule has 326 valence electrons. The van der Waals surface area contributed by atoms with Crippen molar-refractivity contribution in [3.8, 4) is 0 Å². The summed E-state index contributed by atoms with van der Waals surface area (Å²) in [4.78, 5) is 24.3. The second-order valence-electron chi connectivity index (χ2n) is 13.2. The summed E-state index contributed by atoms with van der Waals surface area (Å²) >= 11 is 0. The Morgan fingerprint density at radius 3 is 0.966 bits per heavy atom. The van der Waals surface area contributed by atoms with Crippen molar-refractivity contribution in [3.05, 3.63) is 82.9 Å². The van der Waals surface area contributed by atoms with Crippen LogP contribution in [0.25, 0.3) is 12.2 Å². The van der Waals surface area contributed by atoms with Crippen molar-refractivity contribution in [1.82, 2.24) is 10.6 Å². The molecule has 0 saturated heterocycles. The van der Waals surface area contributed by atoms with E-state index in [0.29, 0.717) is 11.1 Å². The van der Waals surface area contributed by atoms with Gasteiger partial charge in [0.1, 0.15) is 85.5 Å². The fourth-order valence-corrected chi connectivity index (χ4v) is 5.13. The smallest absolute Gasteiger partial charge is 0.246 e. The van der Waals surface area contributed by atoms with Gasteiger partial charge in [0.15, 0.2) is 12.5 Å². The van der Waals surface area contributed by atoms with Crippen LogP contribution in [-0.2, 0) is 9.59 Å². The van der Waals surface area contributed by atoms with E-state index in [-0.39, 0.29) is 11.1 Å². The van der Waals surface area contributed by atoms with Crippen LogP contribution in [0.4, 0.5) is 0 Å². The highest BCUT2D eigenvalue weighted by Crippen LogP contribution is 2.26. The molecular formula is C36H52N2O20. The molecule has 4 unspecified atom stereocenters. The number of rotatable bonds is 23. The standard InChI is InChI=1S/C36H52N2O20/c39-13-19(41)25(47)29(51)33(55)35(57)37-21(43)11-5-15-1-7-17(8-2-15)23(45)27(49)31(53)32(54)28(50)24(46)18-9-3-16(4-10-18)6-12-22(44)38-36(58)34(56)30(52)26(48)20(42)14-40/h1-12,19-20,23-36,39-42,45-58H,13-14H2,(H,37,43)(H,38,44)/b11-5+,12-6+/t19-,20-,23?,24?,25+,26+,27-,28+,29+,30+,31+,32-,33+,34+,35?,36?/m0/s1. The van der Waals surface area contributed by atoms with Crippen LogP contribution in [0.1, 0.15) is 34.5 Å². The first-order chi connectivity index (χ1) is 27.2. The molecule has 2 rings (SSSR count). The number of aliphatic hydroxyl groups excluding tert-OH is 18. The average molecular weight is 833 g/mol. The average Bonchev–Trinajstić information content (AvgIpc) is 3.23. The van der Waals surface area contributed by atoms with Crippen molar-refractivity contribution >= 4 is 24.0 Å². The first-order valence-corrected chi connectivity index (χ1v) is 17.4. The third-order valence-corrected chi connectivity index (χ3v) is 8.90. The Kier molecular flexibility index (Phi) is 20.5. The van der Waals surface area contributed by atoms with E-state index in [1.165, 1.54) is 60.7 Å². The van der Waals surface area contributed by atoms with Gasteiger partial charge in [-0.25, -0.2) is 0 Å². The lowest BCUT2D eigenvalue weighted by atomic mass is 9.91. The Balaban J connectivity index is 1.95. The Morgan fingerprint density at radius 1 is 0.414 bits per heavy atom. The number of benzene rings is 2. The molecule has 0 aliphatic rings. The predicted molar refractivity (Wildman–Crippen MR) is 195 cm³/mol. The Hall–Kier alpha value is -3.86. The zero-order valence-electron chi connectivity index (χ0n) is 30.4. The van der Waals surface area contributed by atoms with E-state index in [1.807, 2.05) is 10.6 Å². The van der Waals surface area contributed by atoms with Crippen LogP contribution in [0, 0.1) is 0 Å². The fourth-order valence-electron chi connectivity index (χ4n) is 5.13. The Bertz CT molecular complexity index is 1480. The molecule has 0 bridgehead atoms. The number of nitrogens with one attached hydrogen (secondary N) is 2. The minimum atomic E-state index is -2.21. The summed E-state index contributed by atoms with van der Waals surface area (Å²) < 4.78 is 0. The normalized spacial score (nSPS) is 20.7. The SMILES string of the molecule is O=C(/C=C/c1ccc(C(O)[C@@H](O)[C@H](O)[C@H](O)[C@@H](O)C(O)c2ccc(/C=C/C(=O)NC(O)[C@H](O)[C@H](O)[C@H](O)[C@@H](O)CO)cc2)cc1)NC(O)[C@H](O)[C@H](O)[C@H](O)[C@@H](O)CO. The molecule has 0 aliphatic carbocycles. The molecule has 0 fully saturated rings. The molecule has 22 nitrogen and oxygen atoms in total. The van der Waals surface area contributed by atoms with Gasteiger partial charge in [-0.05, 0) is 34.4 Å². The van der Waals surface area contributed by atoms with Gasteiger partial charge in [0, 0.05) is 12.2 Å². The molecule has 0 saturated carbocycles. The molecule has 0 aliphatic heterocycles. The van der Waals surface area contributed by atoms with Gasteiger partial charge in [-0.15, -0.1) is 0 Å². The maximum absolute atomic E-state index is 12.2.